The average Bonchev–Trinajstić information content (AvgIpc) is 3.82. The molecule has 2 atom stereocenters. The molecule has 0 radical (unpaired) electrons. The Bertz CT molecular complexity index is 1800. The van der Waals surface area contributed by atoms with Crippen LogP contribution in [-0.4, -0.2) is 72.1 Å². The van der Waals surface area contributed by atoms with Crippen LogP contribution in [0, 0.1) is 0 Å². The summed E-state index contributed by atoms with van der Waals surface area (Å²) < 4.78 is 17.6. The van der Waals surface area contributed by atoms with Crippen LogP contribution in [0.3, 0.4) is 0 Å². The number of anilines is 1. The first-order valence-corrected chi connectivity index (χ1v) is 16.2. The van der Waals surface area contributed by atoms with E-state index in [1.165, 1.54) is 21.6 Å². The lowest BCUT2D eigenvalue weighted by molar-refractivity contribution is -0.118. The van der Waals surface area contributed by atoms with E-state index in [-0.39, 0.29) is 19.1 Å². The number of nitrogens with zero attached hydrogens (tertiary/aromatic N) is 6. The number of halogens is 3. The van der Waals surface area contributed by atoms with Gasteiger partial charge in [0.2, 0.25) is 0 Å². The summed E-state index contributed by atoms with van der Waals surface area (Å²) in [7, 11) is 0. The highest BCUT2D eigenvalue weighted by Crippen LogP contribution is 2.39. The number of imidazole rings is 1. The number of aliphatic hydroxyl groups is 1. The van der Waals surface area contributed by atoms with Crippen molar-refractivity contribution in [2.75, 3.05) is 25.0 Å². The van der Waals surface area contributed by atoms with Crippen molar-refractivity contribution < 1.29 is 14.3 Å². The van der Waals surface area contributed by atoms with Crippen LogP contribution in [0.2, 0.25) is 10.0 Å². The van der Waals surface area contributed by atoms with Crippen molar-refractivity contribution >= 4 is 56.5 Å². The summed E-state index contributed by atoms with van der Waals surface area (Å²) in [5, 5.41) is 21.0. The SMILES string of the molecule is O=C(Nc1nccs1)C(c1ncn2c1C[C@@H](F)C2)n1cc2c(Cl)cc(-c3ccc(CCN4CCC(O)CC4)cc3)c(Cl)c2n1. The maximum atomic E-state index is 14.3. The Morgan fingerprint density at radius 1 is 1.18 bits per heavy atom. The van der Waals surface area contributed by atoms with E-state index in [1.54, 1.807) is 28.7 Å². The molecule has 2 aliphatic rings. The van der Waals surface area contributed by atoms with Crippen LogP contribution in [-0.2, 0) is 24.2 Å². The monoisotopic (exact) mass is 653 g/mol. The lowest BCUT2D eigenvalue weighted by Gasteiger charge is -2.29. The number of aliphatic hydroxyl groups excluding tert-OH is 1. The third-order valence-corrected chi connectivity index (χ3v) is 9.85. The van der Waals surface area contributed by atoms with Crippen LogP contribution < -0.4 is 5.32 Å². The van der Waals surface area contributed by atoms with Gasteiger partial charge in [0.15, 0.2) is 11.2 Å². The Morgan fingerprint density at radius 3 is 2.73 bits per heavy atom. The molecule has 1 amide bonds. The zero-order chi connectivity index (χ0) is 30.4. The number of piperidine rings is 1. The van der Waals surface area contributed by atoms with Crippen molar-refractivity contribution in [2.45, 2.75) is 50.5 Å². The molecule has 0 saturated carbocycles. The van der Waals surface area contributed by atoms with Gasteiger partial charge in [-0.05, 0) is 36.5 Å². The van der Waals surface area contributed by atoms with Crippen molar-refractivity contribution in [3.63, 3.8) is 0 Å². The van der Waals surface area contributed by atoms with Gasteiger partial charge in [-0.1, -0.05) is 47.5 Å². The predicted molar refractivity (Wildman–Crippen MR) is 170 cm³/mol. The summed E-state index contributed by atoms with van der Waals surface area (Å²) >= 11 is 15.1. The minimum atomic E-state index is -1.04. The highest BCUT2D eigenvalue weighted by Gasteiger charge is 2.34. The van der Waals surface area contributed by atoms with E-state index in [2.05, 4.69) is 32.3 Å². The third kappa shape index (κ3) is 5.75. The van der Waals surface area contributed by atoms with Gasteiger partial charge in [-0.15, -0.1) is 11.3 Å². The van der Waals surface area contributed by atoms with Gasteiger partial charge in [-0.25, -0.2) is 14.4 Å². The number of thiazole rings is 1. The number of rotatable bonds is 8. The quantitative estimate of drug-likeness (QED) is 0.220. The number of nitrogens with one attached hydrogen (secondary N) is 1. The number of fused-ring (bicyclic) bond motifs is 2. The molecule has 5 aromatic rings. The molecule has 2 aliphatic heterocycles. The summed E-state index contributed by atoms with van der Waals surface area (Å²) in [5.74, 6) is -0.402. The number of carbonyl (C=O) groups is 1. The Hall–Kier alpha value is -3.35. The molecular weight excluding hydrogens is 624 g/mol. The predicted octanol–water partition coefficient (Wildman–Crippen LogP) is 5.78. The van der Waals surface area contributed by atoms with E-state index < -0.39 is 18.1 Å². The highest BCUT2D eigenvalue weighted by atomic mass is 35.5. The Morgan fingerprint density at radius 2 is 1.98 bits per heavy atom. The molecule has 2 N–H and O–H groups in total. The number of hydrogen-bond donors (Lipinski definition) is 2. The van der Waals surface area contributed by atoms with Gasteiger partial charge in [0.25, 0.3) is 5.91 Å². The fraction of sp³-hybridized carbons (Fsp3) is 0.355. The fourth-order valence-corrected chi connectivity index (χ4v) is 7.18. The maximum Gasteiger partial charge on any atom is 0.257 e. The molecule has 13 heteroatoms. The molecule has 0 spiro atoms. The van der Waals surface area contributed by atoms with Gasteiger partial charge < -0.3 is 14.6 Å². The number of alkyl halides is 1. The molecule has 1 fully saturated rings. The lowest BCUT2D eigenvalue weighted by atomic mass is 10.0. The van der Waals surface area contributed by atoms with Gasteiger partial charge >= 0.3 is 0 Å². The van der Waals surface area contributed by atoms with Crippen molar-refractivity contribution in [3.05, 3.63) is 81.4 Å². The molecule has 228 valence electrons. The number of amides is 1. The van der Waals surface area contributed by atoms with E-state index in [4.69, 9.17) is 28.3 Å². The largest absolute Gasteiger partial charge is 0.393 e. The smallest absolute Gasteiger partial charge is 0.257 e. The second-order valence-corrected chi connectivity index (χ2v) is 13.1. The highest BCUT2D eigenvalue weighted by molar-refractivity contribution is 7.13. The average molecular weight is 655 g/mol. The molecular formula is C31H30Cl2FN7O2S. The van der Waals surface area contributed by atoms with Crippen LogP contribution in [0.25, 0.3) is 22.0 Å². The second-order valence-electron chi connectivity index (χ2n) is 11.4. The minimum absolute atomic E-state index is 0.167. The molecule has 1 saturated heterocycles. The third-order valence-electron chi connectivity index (χ3n) is 8.47. The summed E-state index contributed by atoms with van der Waals surface area (Å²) in [4.78, 5) is 24.8. The zero-order valence-corrected chi connectivity index (χ0v) is 26.0. The summed E-state index contributed by atoms with van der Waals surface area (Å²) in [5.41, 5.74) is 4.39. The van der Waals surface area contributed by atoms with Crippen LogP contribution in [0.1, 0.15) is 35.8 Å². The van der Waals surface area contributed by atoms with Crippen LogP contribution >= 0.6 is 34.5 Å². The fourth-order valence-electron chi connectivity index (χ4n) is 6.09. The Balaban J connectivity index is 1.19. The first kappa shape index (κ1) is 29.4. The van der Waals surface area contributed by atoms with Crippen molar-refractivity contribution in [1.29, 1.82) is 0 Å². The molecule has 7 rings (SSSR count). The minimum Gasteiger partial charge on any atom is -0.393 e. The number of hydrogen-bond acceptors (Lipinski definition) is 7. The summed E-state index contributed by atoms with van der Waals surface area (Å²) in [6.07, 6.45) is 6.39. The number of aromatic nitrogens is 5. The van der Waals surface area contributed by atoms with E-state index >= 15 is 0 Å². The summed E-state index contributed by atoms with van der Waals surface area (Å²) in [6, 6.07) is 9.07. The normalized spacial score (nSPS) is 18.1. The first-order valence-electron chi connectivity index (χ1n) is 14.6. The first-order chi connectivity index (χ1) is 21.3. The van der Waals surface area contributed by atoms with Gasteiger partial charge in [0, 0.05) is 60.5 Å². The maximum absolute atomic E-state index is 14.3. The molecule has 44 heavy (non-hydrogen) atoms. The standard InChI is InChI=1S/C31H30Cl2FN7O2S/c32-24-14-22(19-3-1-18(2-4-19)5-9-39-10-6-21(42)7-11-39)26(33)27-23(24)16-41(38-27)29(30(43)37-31-35-8-12-44-31)28-25-13-20(34)15-40(25)17-36-28/h1-4,8,12,14,16-17,20-21,29,42H,5-7,9-11,13,15H2,(H,35,37,43)/t20-,29?/m1/s1. The lowest BCUT2D eigenvalue weighted by Crippen LogP contribution is -2.37. The topological polar surface area (TPSA) is 101 Å². The number of carbonyl (C=O) groups excluding carboxylic acids is 1. The number of benzene rings is 2. The van der Waals surface area contributed by atoms with E-state index in [0.717, 1.165) is 50.0 Å². The van der Waals surface area contributed by atoms with E-state index in [1.807, 2.05) is 18.2 Å². The van der Waals surface area contributed by atoms with Crippen LogP contribution in [0.4, 0.5) is 9.52 Å². The van der Waals surface area contributed by atoms with Crippen molar-refractivity contribution in [1.82, 2.24) is 29.2 Å². The summed E-state index contributed by atoms with van der Waals surface area (Å²) in [6.45, 7) is 3.00. The van der Waals surface area contributed by atoms with Gasteiger partial charge in [-0.2, -0.15) is 5.10 Å². The van der Waals surface area contributed by atoms with E-state index in [0.29, 0.717) is 37.5 Å². The van der Waals surface area contributed by atoms with Gasteiger partial charge in [-0.3, -0.25) is 14.8 Å². The molecule has 0 aliphatic carbocycles. The molecule has 1 unspecified atom stereocenters. The van der Waals surface area contributed by atoms with Crippen LogP contribution in [0.5, 0.6) is 0 Å². The number of likely N-dealkylation sites (tertiary alicyclic amines) is 1. The van der Waals surface area contributed by atoms with Gasteiger partial charge in [0.1, 0.15) is 11.7 Å². The Labute approximate surface area is 267 Å². The molecule has 3 aromatic heterocycles. The van der Waals surface area contributed by atoms with E-state index in [9.17, 15) is 14.3 Å². The van der Waals surface area contributed by atoms with Crippen LogP contribution in [0.15, 0.2) is 54.4 Å². The van der Waals surface area contributed by atoms with Crippen molar-refractivity contribution in [2.24, 2.45) is 0 Å². The van der Waals surface area contributed by atoms with Crippen molar-refractivity contribution in [3.8, 4) is 11.1 Å². The molecule has 2 aromatic carbocycles. The molecule has 0 bridgehead atoms. The Kier molecular flexibility index (Phi) is 8.15. The zero-order valence-electron chi connectivity index (χ0n) is 23.7. The molecule has 9 nitrogen and oxygen atoms in total. The molecule has 5 heterocycles. The second kappa shape index (κ2) is 12.2. The van der Waals surface area contributed by atoms with Gasteiger partial charge in [0.05, 0.1) is 34.7 Å².